The highest BCUT2D eigenvalue weighted by molar-refractivity contribution is 7.99. The van der Waals surface area contributed by atoms with Crippen molar-refractivity contribution in [3.63, 3.8) is 0 Å². The number of carbonyl (C=O) groups excluding carboxylic acids is 1. The fourth-order valence-corrected chi connectivity index (χ4v) is 2.76. The Hall–Kier alpha value is -2.23. The first-order valence-corrected chi connectivity index (χ1v) is 8.17. The number of hydrogen-bond acceptors (Lipinski definition) is 3. The van der Waals surface area contributed by atoms with Crippen LogP contribution in [0.2, 0.25) is 0 Å². The zero-order valence-corrected chi connectivity index (χ0v) is 13.8. The van der Waals surface area contributed by atoms with Gasteiger partial charge in [0.25, 0.3) is 5.91 Å². The lowest BCUT2D eigenvalue weighted by molar-refractivity contribution is -0.138. The molecule has 2 aromatic rings. The minimum atomic E-state index is -4.68. The van der Waals surface area contributed by atoms with E-state index in [2.05, 4.69) is 10.3 Å². The number of nitrogens with zero attached hydrogens (tertiary/aromatic N) is 1. The normalized spacial score (nSPS) is 12.1. The Morgan fingerprint density at radius 1 is 1.00 bits per heavy atom. The number of amides is 1. The number of halogens is 6. The van der Waals surface area contributed by atoms with E-state index in [1.165, 1.54) is 23.9 Å². The van der Waals surface area contributed by atoms with Crippen molar-refractivity contribution in [2.75, 3.05) is 12.3 Å². The van der Waals surface area contributed by atoms with Crippen LogP contribution in [0.4, 0.5) is 26.3 Å². The van der Waals surface area contributed by atoms with Crippen molar-refractivity contribution < 1.29 is 31.1 Å². The topological polar surface area (TPSA) is 42.0 Å². The maximum atomic E-state index is 12.8. The third-order valence-corrected chi connectivity index (χ3v) is 4.22. The van der Waals surface area contributed by atoms with Gasteiger partial charge in [0.1, 0.15) is 0 Å². The molecule has 0 saturated heterocycles. The van der Waals surface area contributed by atoms with E-state index < -0.39 is 35.0 Å². The Bertz CT molecular complexity index is 759. The summed E-state index contributed by atoms with van der Waals surface area (Å²) >= 11 is 1.17. The molecule has 0 aliphatic heterocycles. The van der Waals surface area contributed by atoms with Crippen LogP contribution in [0.5, 0.6) is 0 Å². The van der Waals surface area contributed by atoms with E-state index in [0.717, 1.165) is 24.5 Å². The molecule has 1 aromatic heterocycles. The van der Waals surface area contributed by atoms with Crippen LogP contribution in [-0.2, 0) is 12.4 Å². The molecule has 0 bridgehead atoms. The van der Waals surface area contributed by atoms with Crippen molar-refractivity contribution in [2.24, 2.45) is 0 Å². The van der Waals surface area contributed by atoms with E-state index in [1.807, 2.05) is 0 Å². The van der Waals surface area contributed by atoms with Crippen molar-refractivity contribution in [2.45, 2.75) is 17.2 Å². The van der Waals surface area contributed by atoms with Crippen molar-refractivity contribution in [3.8, 4) is 0 Å². The molecule has 0 fully saturated rings. The van der Waals surface area contributed by atoms with E-state index in [4.69, 9.17) is 0 Å². The summed E-state index contributed by atoms with van der Waals surface area (Å²) in [6, 6.07) is 5.17. The number of rotatable bonds is 5. The second kappa shape index (κ2) is 7.98. The molecule has 0 saturated carbocycles. The van der Waals surface area contributed by atoms with Crippen LogP contribution >= 0.6 is 11.8 Å². The maximum Gasteiger partial charge on any atom is 0.417 e. The van der Waals surface area contributed by atoms with E-state index in [-0.39, 0.29) is 12.3 Å². The maximum absolute atomic E-state index is 12.8. The van der Waals surface area contributed by atoms with Crippen LogP contribution in [0.25, 0.3) is 0 Å². The Morgan fingerprint density at radius 2 is 1.65 bits per heavy atom. The van der Waals surface area contributed by atoms with Gasteiger partial charge in [-0.1, -0.05) is 0 Å². The molecule has 0 aliphatic carbocycles. The van der Waals surface area contributed by atoms with Crippen LogP contribution in [0.1, 0.15) is 21.5 Å². The highest BCUT2D eigenvalue weighted by Crippen LogP contribution is 2.32. The molecule has 0 spiro atoms. The molecule has 0 aliphatic rings. The zero-order valence-electron chi connectivity index (χ0n) is 13.0. The molecule has 1 heterocycles. The van der Waals surface area contributed by atoms with E-state index >= 15 is 0 Å². The summed E-state index contributed by atoms with van der Waals surface area (Å²) in [7, 11) is 0. The van der Waals surface area contributed by atoms with Crippen LogP contribution in [-0.4, -0.2) is 23.2 Å². The first-order valence-electron chi connectivity index (χ1n) is 7.18. The van der Waals surface area contributed by atoms with Crippen LogP contribution in [0, 0.1) is 0 Å². The molecule has 10 heteroatoms. The summed E-state index contributed by atoms with van der Waals surface area (Å²) in [6.07, 6.45) is -7.32. The highest BCUT2D eigenvalue weighted by Gasteiger charge is 2.35. The highest BCUT2D eigenvalue weighted by atomic mass is 32.2. The van der Waals surface area contributed by atoms with Crippen molar-refractivity contribution in [1.82, 2.24) is 10.3 Å². The van der Waals surface area contributed by atoms with Gasteiger partial charge in [0.2, 0.25) is 0 Å². The van der Waals surface area contributed by atoms with Crippen molar-refractivity contribution in [3.05, 3.63) is 59.4 Å². The Morgan fingerprint density at radius 3 is 2.23 bits per heavy atom. The van der Waals surface area contributed by atoms with Gasteiger partial charge in [-0.25, -0.2) is 0 Å². The lowest BCUT2D eigenvalue weighted by Crippen LogP contribution is -2.28. The van der Waals surface area contributed by atoms with Gasteiger partial charge in [-0.2, -0.15) is 26.3 Å². The van der Waals surface area contributed by atoms with Gasteiger partial charge in [-0.05, 0) is 30.3 Å². The smallest absolute Gasteiger partial charge is 0.351 e. The standard InChI is InChI=1S/C16H12F6N2OS/c17-15(18,19)10-1-3-11(4-2-10)26-8-7-24-14(25)12-9-23-6-5-13(12)16(20,21)22/h1-6,9H,7-8H2,(H,24,25). The number of thioether (sulfide) groups is 1. The Balaban J connectivity index is 1.88. The Kier molecular flexibility index (Phi) is 6.17. The number of alkyl halides is 6. The number of pyridine rings is 1. The molecule has 3 nitrogen and oxygen atoms in total. The summed E-state index contributed by atoms with van der Waals surface area (Å²) in [4.78, 5) is 16.0. The lowest BCUT2D eigenvalue weighted by atomic mass is 10.1. The molecule has 0 atom stereocenters. The first-order chi connectivity index (χ1) is 12.1. The Labute approximate surface area is 148 Å². The number of aromatic nitrogens is 1. The SMILES string of the molecule is O=C(NCCSc1ccc(C(F)(F)F)cc1)c1cnccc1C(F)(F)F. The number of nitrogens with one attached hydrogen (secondary N) is 1. The molecule has 140 valence electrons. The zero-order chi connectivity index (χ0) is 19.4. The quantitative estimate of drug-likeness (QED) is 0.456. The molecular weight excluding hydrogens is 382 g/mol. The van der Waals surface area contributed by atoms with Crippen molar-refractivity contribution in [1.29, 1.82) is 0 Å². The third kappa shape index (κ3) is 5.38. The van der Waals surface area contributed by atoms with Gasteiger partial charge >= 0.3 is 12.4 Å². The molecule has 26 heavy (non-hydrogen) atoms. The number of hydrogen-bond donors (Lipinski definition) is 1. The summed E-state index contributed by atoms with van der Waals surface area (Å²) in [5.41, 5.74) is -2.44. The van der Waals surface area contributed by atoms with Gasteiger partial charge < -0.3 is 5.32 Å². The fourth-order valence-electron chi connectivity index (χ4n) is 1.99. The average Bonchev–Trinajstić information content (AvgIpc) is 2.57. The second-order valence-electron chi connectivity index (χ2n) is 5.05. The summed E-state index contributed by atoms with van der Waals surface area (Å²) in [5, 5.41) is 2.34. The van der Waals surface area contributed by atoms with Gasteiger partial charge in [0.05, 0.1) is 16.7 Å². The minimum Gasteiger partial charge on any atom is -0.351 e. The van der Waals surface area contributed by atoms with Gasteiger partial charge in [-0.15, -0.1) is 11.8 Å². The second-order valence-corrected chi connectivity index (χ2v) is 6.21. The molecule has 1 aromatic carbocycles. The summed E-state index contributed by atoms with van der Waals surface area (Å²) in [5.74, 6) is -0.642. The third-order valence-electron chi connectivity index (χ3n) is 3.21. The van der Waals surface area contributed by atoms with Gasteiger partial charge in [0.15, 0.2) is 0 Å². The predicted octanol–water partition coefficient (Wildman–Crippen LogP) is 4.64. The van der Waals surface area contributed by atoms with Gasteiger partial charge in [-0.3, -0.25) is 9.78 Å². The first kappa shape index (κ1) is 20.1. The number of benzene rings is 1. The largest absolute Gasteiger partial charge is 0.417 e. The minimum absolute atomic E-state index is 0.0384. The monoisotopic (exact) mass is 394 g/mol. The van der Waals surface area contributed by atoms with E-state index in [9.17, 15) is 31.1 Å². The van der Waals surface area contributed by atoms with Crippen LogP contribution in [0.15, 0.2) is 47.6 Å². The summed E-state index contributed by atoms with van der Waals surface area (Å²) < 4.78 is 75.9. The van der Waals surface area contributed by atoms with Crippen molar-refractivity contribution >= 4 is 17.7 Å². The van der Waals surface area contributed by atoms with E-state index in [1.54, 1.807) is 0 Å². The lowest BCUT2D eigenvalue weighted by Gasteiger charge is -2.12. The molecule has 2 rings (SSSR count). The molecule has 0 radical (unpaired) electrons. The average molecular weight is 394 g/mol. The molecule has 0 unspecified atom stereocenters. The fraction of sp³-hybridized carbons (Fsp3) is 0.250. The van der Waals surface area contributed by atoms with Crippen LogP contribution < -0.4 is 5.32 Å². The van der Waals surface area contributed by atoms with Crippen LogP contribution in [0.3, 0.4) is 0 Å². The molecular formula is C16H12F6N2OS. The predicted molar refractivity (Wildman–Crippen MR) is 83.7 cm³/mol. The summed E-state index contributed by atoms with van der Waals surface area (Å²) in [6.45, 7) is 0.0384. The molecule has 1 N–H and O–H groups in total. The van der Waals surface area contributed by atoms with Gasteiger partial charge in [0, 0.05) is 29.6 Å². The number of carbonyl (C=O) groups is 1. The molecule has 1 amide bonds. The van der Waals surface area contributed by atoms with E-state index in [0.29, 0.717) is 11.0 Å².